The van der Waals surface area contributed by atoms with Gasteiger partial charge in [0.15, 0.2) is 0 Å². The molecule has 0 amide bonds. The number of thiophene rings is 1. The summed E-state index contributed by atoms with van der Waals surface area (Å²) < 4.78 is 2.73. The van der Waals surface area contributed by atoms with Crippen molar-refractivity contribution in [2.24, 2.45) is 0 Å². The fourth-order valence-corrected chi connectivity index (χ4v) is 8.60. The molecule has 0 saturated carbocycles. The zero-order chi connectivity index (χ0) is 28.1. The highest BCUT2D eigenvalue weighted by molar-refractivity contribution is 7.26. The van der Waals surface area contributed by atoms with Crippen LogP contribution >= 0.6 is 11.3 Å². The lowest BCUT2D eigenvalue weighted by atomic mass is 9.88. The van der Waals surface area contributed by atoms with Gasteiger partial charge >= 0.3 is 0 Å². The zero-order valence-electron chi connectivity index (χ0n) is 23.3. The average Bonchev–Trinajstić information content (AvgIpc) is 3.46. The van der Waals surface area contributed by atoms with Crippen molar-refractivity contribution in [2.45, 2.75) is 0 Å². The molecule has 0 atom stereocenters. The van der Waals surface area contributed by atoms with Crippen molar-refractivity contribution in [3.05, 3.63) is 146 Å². The summed E-state index contributed by atoms with van der Waals surface area (Å²) in [6.07, 6.45) is 0. The Balaban J connectivity index is 1.25. The molecule has 0 aliphatic carbocycles. The fraction of sp³-hybridized carbons (Fsp3) is 0. The molecule has 0 nitrogen and oxygen atoms in total. The van der Waals surface area contributed by atoms with E-state index in [2.05, 4.69) is 146 Å². The summed E-state index contributed by atoms with van der Waals surface area (Å²) in [6, 6.07) is 54.3. The first kappa shape index (κ1) is 23.3. The lowest BCUT2D eigenvalue weighted by molar-refractivity contribution is 1.68. The Morgan fingerprint density at radius 3 is 1.93 bits per heavy atom. The predicted molar refractivity (Wildman–Crippen MR) is 189 cm³/mol. The van der Waals surface area contributed by atoms with E-state index in [0.717, 1.165) is 0 Å². The molecule has 1 heterocycles. The smallest absolute Gasteiger partial charge is 0.0367 e. The molecule has 0 saturated heterocycles. The van der Waals surface area contributed by atoms with Crippen molar-refractivity contribution in [1.82, 2.24) is 0 Å². The maximum Gasteiger partial charge on any atom is 0.0367 e. The van der Waals surface area contributed by atoms with Gasteiger partial charge in [-0.15, -0.1) is 11.3 Å². The Labute approximate surface area is 252 Å². The van der Waals surface area contributed by atoms with Crippen LogP contribution in [0.1, 0.15) is 0 Å². The van der Waals surface area contributed by atoms with Gasteiger partial charge in [-0.2, -0.15) is 0 Å². The van der Waals surface area contributed by atoms with Crippen LogP contribution in [0.2, 0.25) is 0 Å². The molecular weight excluding hydrogens is 537 g/mol. The van der Waals surface area contributed by atoms with Gasteiger partial charge in [0.25, 0.3) is 0 Å². The van der Waals surface area contributed by atoms with Crippen LogP contribution in [0.4, 0.5) is 0 Å². The molecule has 43 heavy (non-hydrogen) atoms. The molecule has 0 unspecified atom stereocenters. The minimum absolute atomic E-state index is 1.25. The van der Waals surface area contributed by atoms with Crippen molar-refractivity contribution in [3.8, 4) is 22.3 Å². The molecule has 9 aromatic carbocycles. The van der Waals surface area contributed by atoms with E-state index in [-0.39, 0.29) is 0 Å². The molecule has 0 fully saturated rings. The SMILES string of the molecule is c1cc(-c2cc3c4ccccc4ccc3c3ccccc23)c2cc(-c3cc4ccc5cccc6sc(c3)c4c56)ccc2c1. The molecule has 0 aliphatic rings. The second-order valence-electron chi connectivity index (χ2n) is 11.7. The first-order valence-electron chi connectivity index (χ1n) is 14.8. The lowest BCUT2D eigenvalue weighted by Crippen LogP contribution is -1.88. The van der Waals surface area contributed by atoms with Gasteiger partial charge in [-0.3, -0.25) is 0 Å². The van der Waals surface area contributed by atoms with Crippen LogP contribution in [0, 0.1) is 0 Å². The highest BCUT2D eigenvalue weighted by Gasteiger charge is 2.15. The number of hydrogen-bond donors (Lipinski definition) is 0. The molecule has 10 rings (SSSR count). The summed E-state index contributed by atoms with van der Waals surface area (Å²) in [5, 5.41) is 15.8. The molecule has 1 aromatic heterocycles. The van der Waals surface area contributed by atoms with Gasteiger partial charge in [0.1, 0.15) is 0 Å². The Hall–Kier alpha value is -5.24. The molecule has 10 aromatic rings. The van der Waals surface area contributed by atoms with E-state index in [1.54, 1.807) is 0 Å². The summed E-state index contributed by atoms with van der Waals surface area (Å²) >= 11 is 1.91. The van der Waals surface area contributed by atoms with Gasteiger partial charge in [0, 0.05) is 20.2 Å². The summed E-state index contributed by atoms with van der Waals surface area (Å²) in [5.41, 5.74) is 5.09. The van der Waals surface area contributed by atoms with Crippen molar-refractivity contribution >= 4 is 85.4 Å². The van der Waals surface area contributed by atoms with Crippen LogP contribution in [-0.4, -0.2) is 0 Å². The first-order chi connectivity index (χ1) is 21.3. The molecule has 0 N–H and O–H groups in total. The summed E-state index contributed by atoms with van der Waals surface area (Å²) in [6.45, 7) is 0. The average molecular weight is 561 g/mol. The summed E-state index contributed by atoms with van der Waals surface area (Å²) in [5.74, 6) is 0. The number of rotatable bonds is 2. The Morgan fingerprint density at radius 2 is 0.977 bits per heavy atom. The Bertz CT molecular complexity index is 2730. The summed E-state index contributed by atoms with van der Waals surface area (Å²) in [4.78, 5) is 0. The monoisotopic (exact) mass is 560 g/mol. The van der Waals surface area contributed by atoms with Gasteiger partial charge in [0.2, 0.25) is 0 Å². The highest BCUT2D eigenvalue weighted by atomic mass is 32.1. The van der Waals surface area contributed by atoms with E-state index in [1.807, 2.05) is 11.3 Å². The van der Waals surface area contributed by atoms with E-state index in [1.165, 1.54) is 96.3 Å². The van der Waals surface area contributed by atoms with Crippen LogP contribution in [0.15, 0.2) is 146 Å². The minimum Gasteiger partial charge on any atom is -0.135 e. The van der Waals surface area contributed by atoms with Gasteiger partial charge in [-0.25, -0.2) is 0 Å². The van der Waals surface area contributed by atoms with Gasteiger partial charge in [-0.1, -0.05) is 115 Å². The minimum atomic E-state index is 1.25. The van der Waals surface area contributed by atoms with Gasteiger partial charge < -0.3 is 0 Å². The molecule has 0 bridgehead atoms. The molecule has 1 heteroatoms. The van der Waals surface area contributed by atoms with Crippen molar-refractivity contribution < 1.29 is 0 Å². The van der Waals surface area contributed by atoms with Crippen LogP contribution < -0.4 is 0 Å². The van der Waals surface area contributed by atoms with Crippen molar-refractivity contribution in [1.29, 1.82) is 0 Å². The molecule has 0 aliphatic heterocycles. The molecule has 0 spiro atoms. The Morgan fingerprint density at radius 1 is 0.302 bits per heavy atom. The van der Waals surface area contributed by atoms with Gasteiger partial charge in [-0.05, 0) is 106 Å². The number of fused-ring (bicyclic) bond motifs is 6. The standard InChI is InChI=1S/C42H24S/c1-2-10-31-25(7-1)19-20-35-32-11-3-4-12-33(32)38(24-37(31)35)34-13-5-8-26-15-17-28(22-36(26)34)30-21-29-18-16-27-9-6-14-39-41(27)42(29)40(23-30)43-39/h1-24H. The predicted octanol–water partition coefficient (Wildman–Crippen LogP) is 12.6. The normalized spacial score (nSPS) is 12.2. The van der Waals surface area contributed by atoms with Gasteiger partial charge in [0.05, 0.1) is 0 Å². The van der Waals surface area contributed by atoms with E-state index >= 15 is 0 Å². The highest BCUT2D eigenvalue weighted by Crippen LogP contribution is 2.44. The third-order valence-corrected chi connectivity index (χ3v) is 10.5. The quantitative estimate of drug-likeness (QED) is 0.184. The molecule has 0 radical (unpaired) electrons. The van der Waals surface area contributed by atoms with E-state index in [9.17, 15) is 0 Å². The second kappa shape index (κ2) is 8.64. The fourth-order valence-electron chi connectivity index (χ4n) is 7.39. The van der Waals surface area contributed by atoms with Crippen molar-refractivity contribution in [3.63, 3.8) is 0 Å². The zero-order valence-corrected chi connectivity index (χ0v) is 24.1. The van der Waals surface area contributed by atoms with E-state index in [0.29, 0.717) is 0 Å². The van der Waals surface area contributed by atoms with E-state index < -0.39 is 0 Å². The Kier molecular flexibility index (Phi) is 4.69. The topological polar surface area (TPSA) is 0 Å². The third-order valence-electron chi connectivity index (χ3n) is 9.38. The second-order valence-corrected chi connectivity index (χ2v) is 12.8. The maximum absolute atomic E-state index is 2.43. The lowest BCUT2D eigenvalue weighted by Gasteiger charge is -2.15. The van der Waals surface area contributed by atoms with Crippen LogP contribution in [0.25, 0.3) is 96.3 Å². The number of hydrogen-bond acceptors (Lipinski definition) is 1. The van der Waals surface area contributed by atoms with Crippen LogP contribution in [0.3, 0.4) is 0 Å². The summed E-state index contributed by atoms with van der Waals surface area (Å²) in [7, 11) is 0. The van der Waals surface area contributed by atoms with Crippen LogP contribution in [-0.2, 0) is 0 Å². The first-order valence-corrected chi connectivity index (χ1v) is 15.7. The number of benzene rings is 9. The molecular formula is C42H24S. The maximum atomic E-state index is 2.43. The van der Waals surface area contributed by atoms with Crippen LogP contribution in [0.5, 0.6) is 0 Å². The third kappa shape index (κ3) is 3.31. The van der Waals surface area contributed by atoms with E-state index in [4.69, 9.17) is 0 Å². The largest absolute Gasteiger partial charge is 0.135 e. The molecule has 198 valence electrons. The van der Waals surface area contributed by atoms with Crippen molar-refractivity contribution in [2.75, 3.05) is 0 Å².